The van der Waals surface area contributed by atoms with Crippen LogP contribution in [0, 0.1) is 6.92 Å². The highest BCUT2D eigenvalue weighted by Crippen LogP contribution is 2.40. The molecule has 2 aliphatic rings. The highest BCUT2D eigenvalue weighted by Gasteiger charge is 2.32. The molecule has 6 rings (SSSR count). The van der Waals surface area contributed by atoms with E-state index in [0.29, 0.717) is 39.9 Å². The van der Waals surface area contributed by atoms with E-state index in [-0.39, 0.29) is 47.0 Å². The fourth-order valence-corrected chi connectivity index (χ4v) is 6.37. The van der Waals surface area contributed by atoms with Crippen LogP contribution in [-0.2, 0) is 16.6 Å². The zero-order valence-electron chi connectivity index (χ0n) is 21.7. The summed E-state index contributed by atoms with van der Waals surface area (Å²) in [6, 6.07) is 16.9. The minimum atomic E-state index is -3.87. The van der Waals surface area contributed by atoms with Crippen LogP contribution < -0.4 is 10.1 Å². The number of nitrogens with one attached hydrogen (secondary N) is 1. The molecule has 0 radical (unpaired) electrons. The Morgan fingerprint density at radius 2 is 1.70 bits per heavy atom. The van der Waals surface area contributed by atoms with Crippen LogP contribution in [0.15, 0.2) is 77.5 Å². The molecule has 0 atom stereocenters. The first-order chi connectivity index (χ1) is 18.3. The number of para-hydroxylation sites is 1. The van der Waals surface area contributed by atoms with Crippen LogP contribution in [-0.4, -0.2) is 54.4 Å². The Morgan fingerprint density at radius 1 is 1.00 bits per heavy atom. The average molecular weight is 603 g/mol. The van der Waals surface area contributed by atoms with Crippen LogP contribution in [0.1, 0.15) is 27.0 Å². The van der Waals surface area contributed by atoms with Gasteiger partial charge in [0.25, 0.3) is 10.0 Å². The lowest BCUT2D eigenvalue weighted by molar-refractivity contribution is 0.101. The fourth-order valence-electron chi connectivity index (χ4n) is 5.00. The molecule has 40 heavy (non-hydrogen) atoms. The summed E-state index contributed by atoms with van der Waals surface area (Å²) in [6.45, 7) is 5.73. The first-order valence-corrected chi connectivity index (χ1v) is 13.9. The summed E-state index contributed by atoms with van der Waals surface area (Å²) in [5, 5.41) is 14.6. The summed E-state index contributed by atoms with van der Waals surface area (Å²) in [6.07, 6.45) is 3.10. The van der Waals surface area contributed by atoms with Crippen molar-refractivity contribution in [1.29, 1.82) is 0 Å². The summed E-state index contributed by atoms with van der Waals surface area (Å²) >= 11 is 0. The Bertz CT molecular complexity index is 1710. The molecule has 1 saturated heterocycles. The van der Waals surface area contributed by atoms with E-state index >= 15 is 0 Å². The van der Waals surface area contributed by atoms with Gasteiger partial charge in [-0.2, -0.15) is 0 Å². The van der Waals surface area contributed by atoms with Crippen molar-refractivity contribution in [2.24, 2.45) is 0 Å². The van der Waals surface area contributed by atoms with Crippen molar-refractivity contribution in [3.63, 3.8) is 0 Å². The van der Waals surface area contributed by atoms with Crippen molar-refractivity contribution >= 4 is 57.6 Å². The van der Waals surface area contributed by atoms with Crippen LogP contribution in [0.3, 0.4) is 0 Å². The van der Waals surface area contributed by atoms with Gasteiger partial charge in [0.2, 0.25) is 5.78 Å². The number of allylic oxidation sites excluding steroid dienone is 1. The Balaban J connectivity index is 0.00000185. The SMILES string of the molecule is Cc1ccc(S(=O)(=O)n2cc(C=C3Oc4c(ccc(O)c4CN4CCNCC4)C3=O)c3ccccc32)cc1.Cl.Cl. The Hall–Kier alpha value is -3.34. The maximum Gasteiger partial charge on any atom is 0.268 e. The standard InChI is InChI=1S/C29H27N3O5S.2ClH/c1-19-6-8-21(9-7-19)38(35,36)32-17-20(22-4-2-3-5-25(22)32)16-27-28(34)23-10-11-26(33)24(29(23)37-27)18-31-14-12-30-13-15-31;;/h2-11,16-17,30,33H,12-15,18H2,1H3;2*1H. The normalized spacial score (nSPS) is 16.3. The lowest BCUT2D eigenvalue weighted by atomic mass is 10.0. The van der Waals surface area contributed by atoms with Crippen LogP contribution >= 0.6 is 24.8 Å². The Labute approximate surface area is 245 Å². The summed E-state index contributed by atoms with van der Waals surface area (Å²) in [4.78, 5) is 15.7. The maximum atomic E-state index is 13.5. The number of Topliss-reactive ketones (excluding diaryl/α,β-unsaturated/α-hetero) is 1. The van der Waals surface area contributed by atoms with E-state index < -0.39 is 10.0 Å². The van der Waals surface area contributed by atoms with Gasteiger partial charge in [0, 0.05) is 49.9 Å². The lowest BCUT2D eigenvalue weighted by Gasteiger charge is -2.27. The molecule has 2 aliphatic heterocycles. The van der Waals surface area contributed by atoms with Gasteiger partial charge < -0.3 is 15.2 Å². The lowest BCUT2D eigenvalue weighted by Crippen LogP contribution is -2.42. The topological polar surface area (TPSA) is 101 Å². The number of carbonyl (C=O) groups is 1. The number of carbonyl (C=O) groups excluding carboxylic acids is 1. The van der Waals surface area contributed by atoms with Crippen molar-refractivity contribution in [2.45, 2.75) is 18.4 Å². The van der Waals surface area contributed by atoms with Gasteiger partial charge in [-0.1, -0.05) is 35.9 Å². The number of benzene rings is 3. The molecule has 0 aliphatic carbocycles. The number of piperazine rings is 1. The monoisotopic (exact) mass is 601 g/mol. The number of ketones is 1. The van der Waals surface area contributed by atoms with Crippen molar-refractivity contribution < 1.29 is 23.1 Å². The second-order valence-corrected chi connectivity index (χ2v) is 11.4. The molecule has 0 saturated carbocycles. The highest BCUT2D eigenvalue weighted by atomic mass is 35.5. The van der Waals surface area contributed by atoms with Gasteiger partial charge in [-0.25, -0.2) is 12.4 Å². The minimum absolute atomic E-state index is 0. The Morgan fingerprint density at radius 3 is 2.42 bits per heavy atom. The second kappa shape index (κ2) is 11.6. The van der Waals surface area contributed by atoms with E-state index in [9.17, 15) is 18.3 Å². The number of nitrogens with zero attached hydrogens (tertiary/aromatic N) is 2. The minimum Gasteiger partial charge on any atom is -0.507 e. The summed E-state index contributed by atoms with van der Waals surface area (Å²) in [5.41, 5.74) is 2.96. The first kappa shape index (κ1) is 29.6. The molecule has 0 unspecified atom stereocenters. The molecule has 0 bridgehead atoms. The van der Waals surface area contributed by atoms with E-state index in [0.717, 1.165) is 31.7 Å². The number of phenolic OH excluding ortho intramolecular Hbond substituents is 1. The second-order valence-electron chi connectivity index (χ2n) is 9.62. The molecule has 1 fully saturated rings. The number of ether oxygens (including phenoxy) is 1. The first-order valence-electron chi connectivity index (χ1n) is 12.5. The van der Waals surface area contributed by atoms with Crippen molar-refractivity contribution in [2.75, 3.05) is 26.2 Å². The molecule has 1 aromatic heterocycles. The number of phenols is 1. The number of aromatic nitrogens is 1. The predicted octanol–water partition coefficient (Wildman–Crippen LogP) is 4.76. The third-order valence-electron chi connectivity index (χ3n) is 7.08. The summed E-state index contributed by atoms with van der Waals surface area (Å²) < 4.78 is 34.4. The van der Waals surface area contributed by atoms with Gasteiger partial charge in [-0.15, -0.1) is 24.8 Å². The van der Waals surface area contributed by atoms with Crippen LogP contribution in [0.4, 0.5) is 0 Å². The molecule has 3 aromatic carbocycles. The molecule has 4 aromatic rings. The van der Waals surface area contributed by atoms with Crippen LogP contribution in [0.2, 0.25) is 0 Å². The molecule has 8 nitrogen and oxygen atoms in total. The molecule has 11 heteroatoms. The van der Waals surface area contributed by atoms with Crippen molar-refractivity contribution in [3.05, 3.63) is 94.9 Å². The van der Waals surface area contributed by atoms with Gasteiger partial charge in [0.15, 0.2) is 5.76 Å². The Kier molecular flexibility index (Phi) is 8.63. The molecule has 0 amide bonds. The number of aryl methyl sites for hydroxylation is 1. The van der Waals surface area contributed by atoms with Gasteiger partial charge in [-0.05, 0) is 43.3 Å². The molecule has 3 heterocycles. The van der Waals surface area contributed by atoms with Gasteiger partial charge in [-0.3, -0.25) is 9.69 Å². The van der Waals surface area contributed by atoms with Gasteiger partial charge in [0.05, 0.1) is 21.5 Å². The predicted molar refractivity (Wildman–Crippen MR) is 159 cm³/mol. The number of aromatic hydroxyl groups is 1. The molecular formula is C29H29Cl2N3O5S. The number of rotatable bonds is 5. The van der Waals surface area contributed by atoms with Gasteiger partial charge >= 0.3 is 0 Å². The molecular weight excluding hydrogens is 573 g/mol. The molecule has 2 N–H and O–H groups in total. The highest BCUT2D eigenvalue weighted by molar-refractivity contribution is 7.90. The molecule has 210 valence electrons. The maximum absolute atomic E-state index is 13.5. The molecule has 0 spiro atoms. The van der Waals surface area contributed by atoms with E-state index in [1.165, 1.54) is 16.2 Å². The van der Waals surface area contributed by atoms with E-state index in [1.807, 2.05) is 19.1 Å². The fraction of sp³-hybridized carbons (Fsp3) is 0.207. The average Bonchev–Trinajstić information content (AvgIpc) is 3.45. The van der Waals surface area contributed by atoms with Crippen LogP contribution in [0.5, 0.6) is 11.5 Å². The zero-order valence-corrected chi connectivity index (χ0v) is 24.1. The van der Waals surface area contributed by atoms with Crippen molar-refractivity contribution in [1.82, 2.24) is 14.2 Å². The quantitative estimate of drug-likeness (QED) is 0.318. The smallest absolute Gasteiger partial charge is 0.268 e. The zero-order chi connectivity index (χ0) is 26.4. The summed E-state index contributed by atoms with van der Waals surface area (Å²) in [5.74, 6) is 0.218. The largest absolute Gasteiger partial charge is 0.507 e. The van der Waals surface area contributed by atoms with Gasteiger partial charge in [0.1, 0.15) is 11.5 Å². The third-order valence-corrected chi connectivity index (χ3v) is 8.77. The number of hydrogen-bond acceptors (Lipinski definition) is 7. The van der Waals surface area contributed by atoms with E-state index in [1.54, 1.807) is 48.5 Å². The van der Waals surface area contributed by atoms with Crippen molar-refractivity contribution in [3.8, 4) is 11.5 Å². The third kappa shape index (κ3) is 5.23. The van der Waals surface area contributed by atoms with E-state index in [4.69, 9.17) is 4.74 Å². The van der Waals surface area contributed by atoms with E-state index in [2.05, 4.69) is 10.2 Å². The number of halogens is 2. The number of fused-ring (bicyclic) bond motifs is 2. The summed E-state index contributed by atoms with van der Waals surface area (Å²) in [7, 11) is -3.87. The number of hydrogen-bond donors (Lipinski definition) is 2. The van der Waals surface area contributed by atoms with Crippen LogP contribution in [0.25, 0.3) is 17.0 Å².